The number of piperidine rings is 1. The molecule has 7 nitrogen and oxygen atoms in total. The Kier molecular flexibility index (Phi) is 8.07. The number of carbonyl (C=O) groups is 2. The largest absolute Gasteiger partial charge is 0.480 e. The number of rotatable bonds is 8. The molecule has 2 atom stereocenters. The fraction of sp³-hybridized carbons (Fsp3) is 0.857. The molecule has 21 heavy (non-hydrogen) atoms. The summed E-state index contributed by atoms with van der Waals surface area (Å²) in [6, 6.07) is -1.27. The van der Waals surface area contributed by atoms with Crippen LogP contribution in [0.5, 0.6) is 0 Å². The van der Waals surface area contributed by atoms with Gasteiger partial charge < -0.3 is 24.8 Å². The van der Waals surface area contributed by atoms with E-state index < -0.39 is 12.0 Å². The molecule has 2 unspecified atom stereocenters. The fourth-order valence-electron chi connectivity index (χ4n) is 2.28. The van der Waals surface area contributed by atoms with Gasteiger partial charge in [0.1, 0.15) is 6.04 Å². The SMILES string of the molecule is CCCOC1CCCN(C(=O)NC(CCOC)C(=O)O)C1. The second-order valence-corrected chi connectivity index (χ2v) is 5.20. The Labute approximate surface area is 125 Å². The van der Waals surface area contributed by atoms with Crippen LogP contribution in [0.15, 0.2) is 0 Å². The zero-order valence-corrected chi connectivity index (χ0v) is 12.8. The highest BCUT2D eigenvalue weighted by Gasteiger charge is 2.27. The molecule has 2 amide bonds. The van der Waals surface area contributed by atoms with Crippen LogP contribution in [0.3, 0.4) is 0 Å². The number of hydrogen-bond donors (Lipinski definition) is 2. The molecule has 1 aliphatic heterocycles. The van der Waals surface area contributed by atoms with Crippen molar-refractivity contribution in [1.82, 2.24) is 10.2 Å². The molecule has 7 heteroatoms. The molecule has 0 aliphatic carbocycles. The first-order valence-electron chi connectivity index (χ1n) is 7.47. The van der Waals surface area contributed by atoms with Gasteiger partial charge in [0.05, 0.1) is 6.10 Å². The van der Waals surface area contributed by atoms with E-state index >= 15 is 0 Å². The van der Waals surface area contributed by atoms with Crippen LogP contribution in [0, 0.1) is 0 Å². The van der Waals surface area contributed by atoms with Crippen molar-refractivity contribution in [1.29, 1.82) is 0 Å². The van der Waals surface area contributed by atoms with Gasteiger partial charge in [-0.3, -0.25) is 0 Å². The van der Waals surface area contributed by atoms with E-state index in [4.69, 9.17) is 14.6 Å². The van der Waals surface area contributed by atoms with Gasteiger partial charge in [0, 0.05) is 39.8 Å². The van der Waals surface area contributed by atoms with Crippen LogP contribution in [0.2, 0.25) is 0 Å². The number of aliphatic carboxylic acids is 1. The van der Waals surface area contributed by atoms with Crippen LogP contribution in [-0.4, -0.2) is 67.6 Å². The van der Waals surface area contributed by atoms with E-state index in [1.165, 1.54) is 7.11 Å². The van der Waals surface area contributed by atoms with Crippen molar-refractivity contribution in [2.45, 2.75) is 44.8 Å². The summed E-state index contributed by atoms with van der Waals surface area (Å²) in [6.07, 6.45) is 3.06. The topological polar surface area (TPSA) is 88.1 Å². The van der Waals surface area contributed by atoms with Crippen molar-refractivity contribution in [2.24, 2.45) is 0 Å². The van der Waals surface area contributed by atoms with E-state index in [1.54, 1.807) is 4.90 Å². The van der Waals surface area contributed by atoms with Crippen LogP contribution in [0.1, 0.15) is 32.6 Å². The zero-order valence-electron chi connectivity index (χ0n) is 12.8. The van der Waals surface area contributed by atoms with Gasteiger partial charge in [-0.15, -0.1) is 0 Å². The van der Waals surface area contributed by atoms with E-state index in [9.17, 15) is 9.59 Å². The van der Waals surface area contributed by atoms with Gasteiger partial charge in [0.15, 0.2) is 0 Å². The molecule has 0 spiro atoms. The number of carboxylic acids is 1. The van der Waals surface area contributed by atoms with Gasteiger partial charge in [-0.2, -0.15) is 0 Å². The predicted octanol–water partition coefficient (Wildman–Crippen LogP) is 1.08. The predicted molar refractivity (Wildman–Crippen MR) is 77.3 cm³/mol. The highest BCUT2D eigenvalue weighted by Crippen LogP contribution is 2.14. The highest BCUT2D eigenvalue weighted by atomic mass is 16.5. The molecule has 0 aromatic heterocycles. The molecular weight excluding hydrogens is 276 g/mol. The molecule has 0 aromatic rings. The number of carboxylic acid groups (broad SMARTS) is 1. The lowest BCUT2D eigenvalue weighted by atomic mass is 10.1. The Hall–Kier alpha value is -1.34. The van der Waals surface area contributed by atoms with E-state index in [2.05, 4.69) is 5.32 Å². The summed E-state index contributed by atoms with van der Waals surface area (Å²) in [5.41, 5.74) is 0. The van der Waals surface area contributed by atoms with Crippen LogP contribution in [0.25, 0.3) is 0 Å². The number of methoxy groups -OCH3 is 1. The molecule has 2 N–H and O–H groups in total. The van der Waals surface area contributed by atoms with Crippen molar-refractivity contribution < 1.29 is 24.2 Å². The molecule has 0 saturated carbocycles. The Morgan fingerprint density at radius 3 is 2.81 bits per heavy atom. The summed E-state index contributed by atoms with van der Waals surface area (Å²) in [5.74, 6) is -1.05. The average molecular weight is 302 g/mol. The number of nitrogens with zero attached hydrogens (tertiary/aromatic N) is 1. The third-order valence-corrected chi connectivity index (χ3v) is 3.43. The number of amides is 2. The smallest absolute Gasteiger partial charge is 0.326 e. The second-order valence-electron chi connectivity index (χ2n) is 5.20. The number of ether oxygens (including phenoxy) is 2. The minimum atomic E-state index is -1.05. The van der Waals surface area contributed by atoms with E-state index in [0.29, 0.717) is 26.3 Å². The molecule has 1 fully saturated rings. The average Bonchev–Trinajstić information content (AvgIpc) is 2.49. The van der Waals surface area contributed by atoms with Gasteiger partial charge in [0.2, 0.25) is 0 Å². The van der Waals surface area contributed by atoms with Gasteiger partial charge in [0.25, 0.3) is 0 Å². The van der Waals surface area contributed by atoms with Crippen LogP contribution < -0.4 is 5.32 Å². The quantitative estimate of drug-likeness (QED) is 0.700. The summed E-state index contributed by atoms with van der Waals surface area (Å²) in [7, 11) is 1.50. The van der Waals surface area contributed by atoms with E-state index in [0.717, 1.165) is 19.3 Å². The molecule has 0 radical (unpaired) electrons. The van der Waals surface area contributed by atoms with Crippen LogP contribution in [-0.2, 0) is 14.3 Å². The lowest BCUT2D eigenvalue weighted by molar-refractivity contribution is -0.139. The Balaban J connectivity index is 2.46. The molecule has 122 valence electrons. The molecular formula is C14H26N2O5. The molecule has 1 saturated heterocycles. The van der Waals surface area contributed by atoms with Crippen molar-refractivity contribution >= 4 is 12.0 Å². The van der Waals surface area contributed by atoms with Gasteiger partial charge in [-0.1, -0.05) is 6.92 Å². The Bertz CT molecular complexity index is 337. The summed E-state index contributed by atoms with van der Waals surface area (Å²) in [6.45, 7) is 4.17. The Morgan fingerprint density at radius 1 is 1.43 bits per heavy atom. The van der Waals surface area contributed by atoms with Crippen LogP contribution >= 0.6 is 0 Å². The maximum atomic E-state index is 12.2. The first-order valence-corrected chi connectivity index (χ1v) is 7.47. The Morgan fingerprint density at radius 2 is 2.19 bits per heavy atom. The second kappa shape index (κ2) is 9.57. The minimum Gasteiger partial charge on any atom is -0.480 e. The first kappa shape index (κ1) is 17.7. The fourth-order valence-corrected chi connectivity index (χ4v) is 2.28. The number of urea groups is 1. The van der Waals surface area contributed by atoms with Crippen molar-refractivity contribution in [3.63, 3.8) is 0 Å². The van der Waals surface area contributed by atoms with Crippen molar-refractivity contribution in [3.05, 3.63) is 0 Å². The third kappa shape index (κ3) is 6.31. The van der Waals surface area contributed by atoms with Gasteiger partial charge in [-0.25, -0.2) is 9.59 Å². The van der Waals surface area contributed by atoms with Gasteiger partial charge >= 0.3 is 12.0 Å². The lowest BCUT2D eigenvalue weighted by Gasteiger charge is -2.33. The molecule has 0 bridgehead atoms. The number of nitrogens with one attached hydrogen (secondary N) is 1. The van der Waals surface area contributed by atoms with Crippen LogP contribution in [0.4, 0.5) is 4.79 Å². The first-order chi connectivity index (χ1) is 10.1. The van der Waals surface area contributed by atoms with E-state index in [-0.39, 0.29) is 18.6 Å². The lowest BCUT2D eigenvalue weighted by Crippen LogP contribution is -2.52. The maximum Gasteiger partial charge on any atom is 0.326 e. The molecule has 1 rings (SSSR count). The summed E-state index contributed by atoms with van der Waals surface area (Å²) in [5, 5.41) is 11.7. The number of carbonyl (C=O) groups excluding carboxylic acids is 1. The standard InChI is InChI=1S/C14H26N2O5/c1-3-8-21-11-5-4-7-16(10-11)14(19)15-12(13(17)18)6-9-20-2/h11-12H,3-10H2,1-2H3,(H,15,19)(H,17,18). The summed E-state index contributed by atoms with van der Waals surface area (Å²) < 4.78 is 10.5. The molecule has 0 aromatic carbocycles. The van der Waals surface area contributed by atoms with Crippen molar-refractivity contribution in [2.75, 3.05) is 33.4 Å². The highest BCUT2D eigenvalue weighted by molar-refractivity contribution is 5.82. The summed E-state index contributed by atoms with van der Waals surface area (Å²) in [4.78, 5) is 24.9. The van der Waals surface area contributed by atoms with E-state index in [1.807, 2.05) is 6.92 Å². The monoisotopic (exact) mass is 302 g/mol. The third-order valence-electron chi connectivity index (χ3n) is 3.43. The zero-order chi connectivity index (χ0) is 15.7. The number of hydrogen-bond acceptors (Lipinski definition) is 4. The van der Waals surface area contributed by atoms with Crippen molar-refractivity contribution in [3.8, 4) is 0 Å². The normalized spacial score (nSPS) is 20.1. The molecule has 1 heterocycles. The number of likely N-dealkylation sites (tertiary alicyclic amines) is 1. The summed E-state index contributed by atoms with van der Waals surface area (Å²) >= 11 is 0. The minimum absolute atomic E-state index is 0.0479. The maximum absolute atomic E-state index is 12.2. The molecule has 1 aliphatic rings. The van der Waals surface area contributed by atoms with Gasteiger partial charge in [-0.05, 0) is 19.3 Å².